The van der Waals surface area contributed by atoms with Crippen LogP contribution in [0.1, 0.15) is 25.7 Å². The Hall–Kier alpha value is 0.190. The Balaban J connectivity index is 1.58. The number of morpholine rings is 1. The summed E-state index contributed by atoms with van der Waals surface area (Å²) in [5.41, 5.74) is 0.279. The summed E-state index contributed by atoms with van der Waals surface area (Å²) >= 11 is 2.12. The molecule has 114 valence electrons. The summed E-state index contributed by atoms with van der Waals surface area (Å²) in [6.07, 6.45) is 5.47. The SMILES string of the molecule is C1CN(C2CCC3CCC2(N2CCSCC2)N3)CCO1. The van der Waals surface area contributed by atoms with Crippen molar-refractivity contribution in [2.45, 2.75) is 43.4 Å². The third-order valence-electron chi connectivity index (χ3n) is 5.73. The number of nitrogens with zero attached hydrogens (tertiary/aromatic N) is 2. The van der Waals surface area contributed by atoms with Crippen LogP contribution in [0, 0.1) is 0 Å². The van der Waals surface area contributed by atoms with E-state index in [-0.39, 0.29) is 5.66 Å². The maximum absolute atomic E-state index is 5.57. The molecule has 3 atom stereocenters. The zero-order valence-corrected chi connectivity index (χ0v) is 13.2. The van der Waals surface area contributed by atoms with Crippen LogP contribution in [0.4, 0.5) is 0 Å². The van der Waals surface area contributed by atoms with Crippen molar-refractivity contribution in [3.05, 3.63) is 0 Å². The molecule has 4 nitrogen and oxygen atoms in total. The van der Waals surface area contributed by atoms with Crippen molar-refractivity contribution in [3.63, 3.8) is 0 Å². The monoisotopic (exact) mass is 297 g/mol. The van der Waals surface area contributed by atoms with E-state index in [0.29, 0.717) is 6.04 Å². The summed E-state index contributed by atoms with van der Waals surface area (Å²) in [5, 5.41) is 4.06. The number of ether oxygens (including phenoxy) is 1. The van der Waals surface area contributed by atoms with Gasteiger partial charge in [0.25, 0.3) is 0 Å². The van der Waals surface area contributed by atoms with E-state index in [1.165, 1.54) is 50.3 Å². The lowest BCUT2D eigenvalue weighted by atomic mass is 9.89. The Morgan fingerprint density at radius 1 is 1.00 bits per heavy atom. The molecule has 4 fully saturated rings. The number of fused-ring (bicyclic) bond motifs is 2. The molecule has 2 bridgehead atoms. The van der Waals surface area contributed by atoms with Crippen molar-refractivity contribution >= 4 is 11.8 Å². The maximum atomic E-state index is 5.57. The lowest BCUT2D eigenvalue weighted by molar-refractivity contribution is -0.0677. The fourth-order valence-electron chi connectivity index (χ4n) is 4.77. The van der Waals surface area contributed by atoms with Gasteiger partial charge in [-0.15, -0.1) is 0 Å². The first kappa shape index (κ1) is 13.8. The van der Waals surface area contributed by atoms with Crippen LogP contribution in [-0.4, -0.2) is 78.4 Å². The van der Waals surface area contributed by atoms with E-state index >= 15 is 0 Å². The highest BCUT2D eigenvalue weighted by Gasteiger charge is 2.53. The van der Waals surface area contributed by atoms with E-state index in [4.69, 9.17) is 4.74 Å². The molecule has 4 saturated heterocycles. The molecule has 0 radical (unpaired) electrons. The second-order valence-electron chi connectivity index (χ2n) is 6.65. The minimum atomic E-state index is 0.279. The van der Waals surface area contributed by atoms with Crippen LogP contribution >= 0.6 is 11.8 Å². The largest absolute Gasteiger partial charge is 0.379 e. The van der Waals surface area contributed by atoms with Crippen LogP contribution in [0.5, 0.6) is 0 Å². The van der Waals surface area contributed by atoms with Gasteiger partial charge >= 0.3 is 0 Å². The second-order valence-corrected chi connectivity index (χ2v) is 7.87. The lowest BCUT2D eigenvalue weighted by Gasteiger charge is -2.54. The van der Waals surface area contributed by atoms with Gasteiger partial charge in [0.2, 0.25) is 0 Å². The molecule has 0 amide bonds. The van der Waals surface area contributed by atoms with Crippen molar-refractivity contribution in [2.75, 3.05) is 50.9 Å². The molecule has 0 saturated carbocycles. The predicted molar refractivity (Wildman–Crippen MR) is 83.2 cm³/mol. The number of hydrogen-bond donors (Lipinski definition) is 1. The Bertz CT molecular complexity index is 342. The van der Waals surface area contributed by atoms with Crippen molar-refractivity contribution in [1.29, 1.82) is 0 Å². The van der Waals surface area contributed by atoms with E-state index in [1.54, 1.807) is 0 Å². The van der Waals surface area contributed by atoms with Crippen LogP contribution in [0.25, 0.3) is 0 Å². The van der Waals surface area contributed by atoms with Crippen LogP contribution in [0.15, 0.2) is 0 Å². The Kier molecular flexibility index (Phi) is 3.98. The zero-order valence-electron chi connectivity index (χ0n) is 12.4. The Morgan fingerprint density at radius 3 is 2.60 bits per heavy atom. The molecule has 4 aliphatic heterocycles. The van der Waals surface area contributed by atoms with Gasteiger partial charge in [0.1, 0.15) is 0 Å². The van der Waals surface area contributed by atoms with Gasteiger partial charge in [-0.05, 0) is 25.7 Å². The fourth-order valence-corrected chi connectivity index (χ4v) is 5.67. The average molecular weight is 297 g/mol. The van der Waals surface area contributed by atoms with Gasteiger partial charge < -0.3 is 4.74 Å². The minimum absolute atomic E-state index is 0.279. The number of hydrogen-bond acceptors (Lipinski definition) is 5. The van der Waals surface area contributed by atoms with Crippen LogP contribution in [0.3, 0.4) is 0 Å². The number of thioether (sulfide) groups is 1. The molecular formula is C15H27N3OS. The van der Waals surface area contributed by atoms with Crippen LogP contribution in [-0.2, 0) is 4.74 Å². The van der Waals surface area contributed by atoms with Crippen molar-refractivity contribution in [2.24, 2.45) is 0 Å². The molecule has 1 N–H and O–H groups in total. The molecule has 0 spiro atoms. The first-order valence-corrected chi connectivity index (χ1v) is 9.46. The van der Waals surface area contributed by atoms with Gasteiger partial charge in [0, 0.05) is 49.8 Å². The molecule has 4 heterocycles. The standard InChI is InChI=1S/C15H27N3OS/c1-2-14(17-5-9-19-10-6-17)15(4-3-13(1)16-15)18-7-11-20-12-8-18/h13-14,16H,1-12H2. The minimum Gasteiger partial charge on any atom is -0.379 e. The summed E-state index contributed by atoms with van der Waals surface area (Å²) < 4.78 is 5.57. The molecule has 20 heavy (non-hydrogen) atoms. The van der Waals surface area contributed by atoms with Crippen molar-refractivity contribution in [3.8, 4) is 0 Å². The molecule has 0 aliphatic carbocycles. The summed E-state index contributed by atoms with van der Waals surface area (Å²) in [4.78, 5) is 5.52. The first-order chi connectivity index (χ1) is 9.88. The highest BCUT2D eigenvalue weighted by atomic mass is 32.2. The third-order valence-corrected chi connectivity index (χ3v) is 6.67. The molecule has 0 aromatic heterocycles. The van der Waals surface area contributed by atoms with E-state index in [9.17, 15) is 0 Å². The molecule has 4 aliphatic rings. The van der Waals surface area contributed by atoms with Crippen molar-refractivity contribution < 1.29 is 4.74 Å². The zero-order chi connectivity index (χ0) is 13.4. The van der Waals surface area contributed by atoms with Gasteiger partial charge in [-0.3, -0.25) is 15.1 Å². The fraction of sp³-hybridized carbons (Fsp3) is 1.00. The van der Waals surface area contributed by atoms with E-state index in [2.05, 4.69) is 26.9 Å². The number of rotatable bonds is 2. The quantitative estimate of drug-likeness (QED) is 0.820. The van der Waals surface area contributed by atoms with Crippen molar-refractivity contribution in [1.82, 2.24) is 15.1 Å². The Morgan fingerprint density at radius 2 is 1.80 bits per heavy atom. The van der Waals surface area contributed by atoms with Gasteiger partial charge in [-0.25, -0.2) is 0 Å². The number of nitrogens with one attached hydrogen (secondary N) is 1. The normalized spacial score (nSPS) is 43.8. The third kappa shape index (κ3) is 2.31. The van der Waals surface area contributed by atoms with E-state index < -0.39 is 0 Å². The molecule has 5 heteroatoms. The van der Waals surface area contributed by atoms with Gasteiger partial charge in [0.15, 0.2) is 0 Å². The predicted octanol–water partition coefficient (Wildman–Crippen LogP) is 0.978. The summed E-state index contributed by atoms with van der Waals surface area (Å²) in [6.45, 7) is 6.64. The lowest BCUT2D eigenvalue weighted by Crippen LogP contribution is -2.72. The molecule has 0 aromatic carbocycles. The second kappa shape index (κ2) is 5.76. The van der Waals surface area contributed by atoms with Crippen LogP contribution in [0.2, 0.25) is 0 Å². The van der Waals surface area contributed by atoms with E-state index in [1.807, 2.05) is 0 Å². The Labute approximate surface area is 126 Å². The molecule has 3 unspecified atom stereocenters. The molecule has 0 aromatic rings. The number of piperidine rings is 1. The highest BCUT2D eigenvalue weighted by Crippen LogP contribution is 2.41. The van der Waals surface area contributed by atoms with Gasteiger partial charge in [-0.2, -0.15) is 11.8 Å². The molecular weight excluding hydrogens is 270 g/mol. The summed E-state index contributed by atoms with van der Waals surface area (Å²) in [7, 11) is 0. The smallest absolute Gasteiger partial charge is 0.0875 e. The van der Waals surface area contributed by atoms with Crippen LogP contribution < -0.4 is 5.32 Å². The average Bonchev–Trinajstić information content (AvgIpc) is 2.88. The van der Waals surface area contributed by atoms with E-state index in [0.717, 1.165) is 32.3 Å². The summed E-state index contributed by atoms with van der Waals surface area (Å²) in [5.74, 6) is 2.62. The maximum Gasteiger partial charge on any atom is 0.0875 e. The summed E-state index contributed by atoms with van der Waals surface area (Å²) in [6, 6.07) is 1.48. The van der Waals surface area contributed by atoms with Gasteiger partial charge in [0.05, 0.1) is 18.9 Å². The molecule has 4 rings (SSSR count). The van der Waals surface area contributed by atoms with Gasteiger partial charge in [-0.1, -0.05) is 0 Å². The highest BCUT2D eigenvalue weighted by molar-refractivity contribution is 7.99. The first-order valence-electron chi connectivity index (χ1n) is 8.31. The topological polar surface area (TPSA) is 27.7 Å².